The minimum absolute atomic E-state index is 0.0365. The lowest BCUT2D eigenvalue weighted by molar-refractivity contribution is -0.0153. The molecule has 0 amide bonds. The molecule has 2 rings (SSSR count). The fourth-order valence-corrected chi connectivity index (χ4v) is 4.21. The number of rotatable bonds is 5. The van der Waals surface area contributed by atoms with Crippen LogP contribution in [0.15, 0.2) is 29.2 Å². The maximum Gasteiger partial charge on any atom is 0.244 e. The molecule has 0 aromatic heterocycles. The Hall–Kier alpha value is -0.600. The van der Waals surface area contributed by atoms with Gasteiger partial charge in [0.2, 0.25) is 8.87 Å². The summed E-state index contributed by atoms with van der Waals surface area (Å²) in [6.07, 6.45) is 0.0365. The van der Waals surface area contributed by atoms with Crippen molar-refractivity contribution in [2.45, 2.75) is 17.9 Å². The van der Waals surface area contributed by atoms with Gasteiger partial charge in [-0.15, -0.1) is 0 Å². The first-order chi connectivity index (χ1) is 9.47. The van der Waals surface area contributed by atoms with Crippen LogP contribution in [0.4, 0.5) is 0 Å². The molecule has 1 aliphatic heterocycles. The van der Waals surface area contributed by atoms with Crippen LogP contribution in [0, 0.1) is 6.92 Å². The molecule has 0 spiro atoms. The molecule has 1 N–H and O–H groups in total. The predicted molar refractivity (Wildman–Crippen MR) is 81.2 cm³/mol. The Kier molecular flexibility index (Phi) is 5.45. The Morgan fingerprint density at radius 2 is 2.10 bits per heavy atom. The SMILES string of the molecule is Cc1ccc(S(=O)(=O)SNCC2CN(C)CCO2)cc1. The highest BCUT2D eigenvalue weighted by atomic mass is 33.1. The normalized spacial score (nSPS) is 21.0. The monoisotopic (exact) mass is 316 g/mol. The smallest absolute Gasteiger partial charge is 0.244 e. The quantitative estimate of drug-likeness (QED) is 0.652. The molecule has 112 valence electrons. The van der Waals surface area contributed by atoms with E-state index in [4.69, 9.17) is 4.74 Å². The van der Waals surface area contributed by atoms with Crippen LogP contribution in [0.3, 0.4) is 0 Å². The number of benzene rings is 1. The molecular formula is C13H20N2O3S2. The van der Waals surface area contributed by atoms with Crippen LogP contribution in [0.1, 0.15) is 5.56 Å². The van der Waals surface area contributed by atoms with Gasteiger partial charge in [-0.3, -0.25) is 0 Å². The molecule has 1 aliphatic rings. The first-order valence-electron chi connectivity index (χ1n) is 6.50. The molecule has 5 nitrogen and oxygen atoms in total. The summed E-state index contributed by atoms with van der Waals surface area (Å²) in [5.74, 6) is 0. The van der Waals surface area contributed by atoms with Crippen molar-refractivity contribution in [1.29, 1.82) is 0 Å². The first-order valence-corrected chi connectivity index (χ1v) is 9.32. The number of nitrogens with one attached hydrogen (secondary N) is 1. The molecule has 1 fully saturated rings. The van der Waals surface area contributed by atoms with Gasteiger partial charge in [0.05, 0.1) is 28.6 Å². The topological polar surface area (TPSA) is 58.6 Å². The van der Waals surface area contributed by atoms with Crippen LogP contribution in [-0.4, -0.2) is 52.7 Å². The van der Waals surface area contributed by atoms with E-state index in [9.17, 15) is 8.42 Å². The van der Waals surface area contributed by atoms with Gasteiger partial charge in [0.25, 0.3) is 0 Å². The van der Waals surface area contributed by atoms with Gasteiger partial charge in [0, 0.05) is 19.6 Å². The number of nitrogens with zero attached hydrogens (tertiary/aromatic N) is 1. The zero-order chi connectivity index (χ0) is 14.6. The number of ether oxygens (including phenoxy) is 1. The lowest BCUT2D eigenvalue weighted by Crippen LogP contribution is -2.43. The van der Waals surface area contributed by atoms with E-state index < -0.39 is 8.87 Å². The van der Waals surface area contributed by atoms with Gasteiger partial charge >= 0.3 is 0 Å². The second-order valence-electron chi connectivity index (χ2n) is 4.95. The maximum atomic E-state index is 12.1. The van der Waals surface area contributed by atoms with Crippen LogP contribution in [0.2, 0.25) is 0 Å². The molecule has 0 bridgehead atoms. The van der Waals surface area contributed by atoms with Gasteiger partial charge in [-0.05, 0) is 26.1 Å². The van der Waals surface area contributed by atoms with Gasteiger partial charge in [0.1, 0.15) is 0 Å². The van der Waals surface area contributed by atoms with Crippen LogP contribution in [0.5, 0.6) is 0 Å². The summed E-state index contributed by atoms with van der Waals surface area (Å²) in [6.45, 7) is 4.88. The number of hydrogen-bond acceptors (Lipinski definition) is 6. The van der Waals surface area contributed by atoms with Crippen LogP contribution in [0.25, 0.3) is 0 Å². The zero-order valence-corrected chi connectivity index (χ0v) is 13.3. The summed E-state index contributed by atoms with van der Waals surface area (Å²) in [7, 11) is -0.565. The van der Waals surface area contributed by atoms with Crippen molar-refractivity contribution >= 4 is 19.8 Å². The first kappa shape index (κ1) is 15.8. The average Bonchev–Trinajstić information content (AvgIpc) is 2.39. The van der Waals surface area contributed by atoms with Gasteiger partial charge in [-0.25, -0.2) is 13.1 Å². The van der Waals surface area contributed by atoms with Crippen molar-refractivity contribution in [1.82, 2.24) is 9.62 Å². The van der Waals surface area contributed by atoms with Gasteiger partial charge < -0.3 is 9.64 Å². The van der Waals surface area contributed by atoms with Crippen molar-refractivity contribution < 1.29 is 13.2 Å². The molecule has 1 unspecified atom stereocenters. The molecule has 1 aromatic rings. The third-order valence-electron chi connectivity index (χ3n) is 3.13. The molecule has 20 heavy (non-hydrogen) atoms. The largest absolute Gasteiger partial charge is 0.374 e. The summed E-state index contributed by atoms with van der Waals surface area (Å²) < 4.78 is 32.7. The van der Waals surface area contributed by atoms with Crippen molar-refractivity contribution in [3.05, 3.63) is 29.8 Å². The third-order valence-corrected chi connectivity index (χ3v) is 6.07. The molecule has 1 heterocycles. The van der Waals surface area contributed by atoms with E-state index in [1.165, 1.54) is 0 Å². The fourth-order valence-electron chi connectivity index (χ4n) is 1.95. The number of likely N-dealkylation sites (N-methyl/N-ethyl adjacent to an activating group) is 1. The van der Waals surface area contributed by atoms with Crippen LogP contribution < -0.4 is 4.72 Å². The Bertz CT molecular complexity index is 531. The lowest BCUT2D eigenvalue weighted by Gasteiger charge is -2.29. The van der Waals surface area contributed by atoms with Crippen molar-refractivity contribution in [3.63, 3.8) is 0 Å². The summed E-state index contributed by atoms with van der Waals surface area (Å²) >= 11 is 0. The van der Waals surface area contributed by atoms with Crippen molar-refractivity contribution in [2.24, 2.45) is 0 Å². The van der Waals surface area contributed by atoms with Crippen molar-refractivity contribution in [2.75, 3.05) is 33.3 Å². The average molecular weight is 316 g/mol. The highest BCUT2D eigenvalue weighted by Gasteiger charge is 2.20. The molecule has 1 saturated heterocycles. The Morgan fingerprint density at radius 3 is 2.75 bits per heavy atom. The van der Waals surface area contributed by atoms with E-state index in [1.54, 1.807) is 24.3 Å². The Labute approximate surface area is 124 Å². The molecule has 0 radical (unpaired) electrons. The van der Waals surface area contributed by atoms with E-state index in [1.807, 2.05) is 14.0 Å². The van der Waals surface area contributed by atoms with Crippen LogP contribution in [-0.2, 0) is 13.6 Å². The lowest BCUT2D eigenvalue weighted by atomic mass is 10.2. The Balaban J connectivity index is 1.85. The van der Waals surface area contributed by atoms with Gasteiger partial charge in [0.15, 0.2) is 0 Å². The van der Waals surface area contributed by atoms with E-state index in [-0.39, 0.29) is 6.10 Å². The van der Waals surface area contributed by atoms with Crippen LogP contribution >= 0.6 is 11.0 Å². The van der Waals surface area contributed by atoms with E-state index in [2.05, 4.69) is 9.62 Å². The summed E-state index contributed by atoms with van der Waals surface area (Å²) in [5, 5.41) is 0. The molecule has 0 aliphatic carbocycles. The van der Waals surface area contributed by atoms with Gasteiger partial charge in [-0.2, -0.15) is 0 Å². The predicted octanol–water partition coefficient (Wildman–Crippen LogP) is 1.25. The van der Waals surface area contributed by atoms with Crippen molar-refractivity contribution in [3.8, 4) is 0 Å². The third kappa shape index (κ3) is 4.46. The summed E-state index contributed by atoms with van der Waals surface area (Å²) in [6, 6.07) is 6.85. The number of hydrogen-bond donors (Lipinski definition) is 1. The molecule has 7 heteroatoms. The molecule has 1 atom stereocenters. The van der Waals surface area contributed by atoms with Gasteiger partial charge in [-0.1, -0.05) is 17.7 Å². The fraction of sp³-hybridized carbons (Fsp3) is 0.538. The van der Waals surface area contributed by atoms with E-state index >= 15 is 0 Å². The van der Waals surface area contributed by atoms with E-state index in [0.29, 0.717) is 18.0 Å². The number of aryl methyl sites for hydroxylation is 1. The summed E-state index contributed by atoms with van der Waals surface area (Å²) in [5.41, 5.74) is 1.04. The second kappa shape index (κ2) is 6.91. The highest BCUT2D eigenvalue weighted by Crippen LogP contribution is 2.21. The maximum absolute atomic E-state index is 12.1. The standard InChI is InChI=1S/C13H20N2O3S2/c1-11-3-5-13(6-4-11)20(16,17)19-14-9-12-10-15(2)7-8-18-12/h3-6,12,14H,7-10H2,1-2H3. The van der Waals surface area contributed by atoms with E-state index in [0.717, 1.165) is 29.6 Å². The molecule has 1 aromatic carbocycles. The zero-order valence-electron chi connectivity index (χ0n) is 11.7. The molecular weight excluding hydrogens is 296 g/mol. The minimum atomic E-state index is -3.35. The molecule has 0 saturated carbocycles. The highest BCUT2D eigenvalue weighted by molar-refractivity contribution is 8.71. The summed E-state index contributed by atoms with van der Waals surface area (Å²) in [4.78, 5) is 2.50. The second-order valence-corrected chi connectivity index (χ2v) is 8.61. The minimum Gasteiger partial charge on any atom is -0.374 e. The Morgan fingerprint density at radius 1 is 1.40 bits per heavy atom. The number of morpholine rings is 1.